The first-order valence-corrected chi connectivity index (χ1v) is 8.49. The number of nitrogens with zero attached hydrogens (tertiary/aromatic N) is 1. The summed E-state index contributed by atoms with van der Waals surface area (Å²) in [6.45, 7) is 8.75. The minimum Gasteiger partial charge on any atom is -0.300 e. The van der Waals surface area contributed by atoms with E-state index >= 15 is 0 Å². The van der Waals surface area contributed by atoms with Gasteiger partial charge in [0.2, 0.25) is 0 Å². The van der Waals surface area contributed by atoms with Crippen LogP contribution < -0.4 is 0 Å². The molecule has 76 valence electrons. The molecular formula is C10H21NOSi. The maximum atomic E-state index is 11.8. The van der Waals surface area contributed by atoms with Gasteiger partial charge in [0.05, 0.1) is 14.1 Å². The highest BCUT2D eigenvalue weighted by molar-refractivity contribution is 6.78. The number of hydrogen-bond donors (Lipinski definition) is 0. The first kappa shape index (κ1) is 10.9. The van der Waals surface area contributed by atoms with Gasteiger partial charge in [-0.3, -0.25) is 9.69 Å². The first-order valence-electron chi connectivity index (χ1n) is 5.07. The molecule has 0 saturated carbocycles. The van der Waals surface area contributed by atoms with Crippen LogP contribution in [0.1, 0.15) is 13.8 Å². The fraction of sp³-hybridized carbons (Fsp3) is 0.900. The van der Waals surface area contributed by atoms with Gasteiger partial charge in [-0.25, -0.2) is 0 Å². The lowest BCUT2D eigenvalue weighted by atomic mass is 10.0. The molecule has 1 unspecified atom stereocenters. The molecule has 0 spiro atoms. The molecule has 1 saturated heterocycles. The maximum Gasteiger partial charge on any atom is 0.152 e. The molecule has 1 atom stereocenters. The van der Waals surface area contributed by atoms with E-state index in [4.69, 9.17) is 0 Å². The van der Waals surface area contributed by atoms with Gasteiger partial charge in [0.25, 0.3) is 0 Å². The van der Waals surface area contributed by atoms with Crippen LogP contribution in [0.4, 0.5) is 0 Å². The van der Waals surface area contributed by atoms with E-state index in [9.17, 15) is 4.79 Å². The van der Waals surface area contributed by atoms with Crippen molar-refractivity contribution in [3.8, 4) is 0 Å². The average molecular weight is 199 g/mol. The molecule has 1 rings (SSSR count). The molecule has 3 heteroatoms. The number of ketones is 1. The summed E-state index contributed by atoms with van der Waals surface area (Å²) in [5, 5.41) is 0. The van der Waals surface area contributed by atoms with Crippen molar-refractivity contribution in [3.63, 3.8) is 0 Å². The summed E-state index contributed by atoms with van der Waals surface area (Å²) in [6, 6.07) is 1.38. The number of carbonyl (C=O) groups excluding carboxylic acids is 1. The minimum absolute atomic E-state index is 0.190. The second-order valence-corrected chi connectivity index (χ2v) is 10.4. The van der Waals surface area contributed by atoms with Crippen LogP contribution in [0, 0.1) is 5.92 Å². The highest BCUT2D eigenvalue weighted by Gasteiger charge is 2.40. The van der Waals surface area contributed by atoms with Crippen LogP contribution in [0.2, 0.25) is 19.1 Å². The first-order chi connectivity index (χ1) is 5.83. The Kier molecular flexibility index (Phi) is 2.97. The zero-order valence-corrected chi connectivity index (χ0v) is 10.4. The van der Waals surface area contributed by atoms with Gasteiger partial charge in [-0.2, -0.15) is 0 Å². The van der Waals surface area contributed by atoms with Crippen LogP contribution in [0.5, 0.6) is 0 Å². The van der Waals surface area contributed by atoms with Crippen LogP contribution in [-0.4, -0.2) is 38.0 Å². The Morgan fingerprint density at radius 1 is 1.46 bits per heavy atom. The van der Waals surface area contributed by atoms with Gasteiger partial charge in [0.15, 0.2) is 5.78 Å². The van der Waals surface area contributed by atoms with Gasteiger partial charge in [0.1, 0.15) is 0 Å². The molecule has 0 radical (unpaired) electrons. The third-order valence-electron chi connectivity index (χ3n) is 2.85. The van der Waals surface area contributed by atoms with Crippen molar-refractivity contribution < 1.29 is 4.79 Å². The molecule has 2 nitrogen and oxygen atoms in total. The van der Waals surface area contributed by atoms with E-state index in [0.717, 1.165) is 6.04 Å². The molecule has 0 aromatic rings. The van der Waals surface area contributed by atoms with Gasteiger partial charge in [-0.05, 0) is 19.3 Å². The van der Waals surface area contributed by atoms with Crippen molar-refractivity contribution in [2.24, 2.45) is 5.92 Å². The second kappa shape index (κ2) is 3.54. The molecular weight excluding hydrogens is 178 g/mol. The Bertz CT molecular complexity index is 213. The van der Waals surface area contributed by atoms with Crippen molar-refractivity contribution in [2.45, 2.75) is 39.0 Å². The van der Waals surface area contributed by atoms with Crippen LogP contribution in [0.15, 0.2) is 0 Å². The Balaban J connectivity index is 2.68. The van der Waals surface area contributed by atoms with Crippen LogP contribution in [0.3, 0.4) is 0 Å². The largest absolute Gasteiger partial charge is 0.300 e. The molecule has 0 aliphatic carbocycles. The molecule has 13 heavy (non-hydrogen) atoms. The summed E-state index contributed by atoms with van der Waals surface area (Å²) in [4.78, 5) is 14.1. The predicted octanol–water partition coefficient (Wildman–Crippen LogP) is 1.77. The predicted molar refractivity (Wildman–Crippen MR) is 58.6 cm³/mol. The minimum atomic E-state index is -1.07. The number of Topliss-reactive ketones (excluding diaryl/α,β-unsaturated/α-hetero) is 1. The summed E-state index contributed by atoms with van der Waals surface area (Å²) < 4.78 is 0. The Morgan fingerprint density at radius 2 is 2.00 bits per heavy atom. The van der Waals surface area contributed by atoms with E-state index in [1.807, 2.05) is 13.8 Å². The highest BCUT2D eigenvalue weighted by Crippen LogP contribution is 2.27. The van der Waals surface area contributed by atoms with Gasteiger partial charge in [-0.1, -0.05) is 26.9 Å². The lowest BCUT2D eigenvalue weighted by Crippen LogP contribution is -2.35. The SMILES string of the molecule is CC(C)C(=O)C1C[Si](C)(C)CN1C. The summed E-state index contributed by atoms with van der Waals surface area (Å²) in [7, 11) is 1.02. The second-order valence-electron chi connectivity index (χ2n) is 5.36. The van der Waals surface area contributed by atoms with E-state index in [0.29, 0.717) is 5.78 Å². The monoisotopic (exact) mass is 199 g/mol. The molecule has 0 N–H and O–H groups in total. The summed E-state index contributed by atoms with van der Waals surface area (Å²) in [6.07, 6.45) is 1.18. The lowest BCUT2D eigenvalue weighted by molar-refractivity contribution is -0.125. The topological polar surface area (TPSA) is 20.3 Å². The molecule has 0 bridgehead atoms. The number of rotatable bonds is 2. The molecule has 1 aliphatic rings. The third-order valence-corrected chi connectivity index (χ3v) is 5.70. The van der Waals surface area contributed by atoms with E-state index in [2.05, 4.69) is 25.0 Å². The zero-order valence-electron chi connectivity index (χ0n) is 9.42. The molecule has 1 aliphatic heterocycles. The average Bonchev–Trinajstić information content (AvgIpc) is 2.22. The molecule has 0 aromatic heterocycles. The van der Waals surface area contributed by atoms with Gasteiger partial charge >= 0.3 is 0 Å². The Morgan fingerprint density at radius 3 is 2.31 bits per heavy atom. The van der Waals surface area contributed by atoms with Crippen LogP contribution in [0.25, 0.3) is 0 Å². The number of likely N-dealkylation sites (N-methyl/N-ethyl adjacent to an activating group) is 1. The fourth-order valence-electron chi connectivity index (χ4n) is 2.23. The van der Waals surface area contributed by atoms with Crippen molar-refractivity contribution in [3.05, 3.63) is 0 Å². The quantitative estimate of drug-likeness (QED) is 0.632. The van der Waals surface area contributed by atoms with Crippen LogP contribution in [-0.2, 0) is 4.79 Å². The fourth-order valence-corrected chi connectivity index (χ4v) is 5.49. The molecule has 0 amide bonds. The standard InChI is InChI=1S/C10H21NOSi/c1-8(2)10(12)9-6-13(4,5)7-11(9)3/h8-9H,6-7H2,1-5H3. The van der Waals surface area contributed by atoms with E-state index in [-0.39, 0.29) is 12.0 Å². The maximum absolute atomic E-state index is 11.8. The van der Waals surface area contributed by atoms with E-state index < -0.39 is 8.07 Å². The number of carbonyl (C=O) groups is 1. The zero-order chi connectivity index (χ0) is 10.2. The van der Waals surface area contributed by atoms with E-state index in [1.54, 1.807) is 0 Å². The van der Waals surface area contributed by atoms with Gasteiger partial charge in [0, 0.05) is 5.92 Å². The van der Waals surface area contributed by atoms with Crippen LogP contribution >= 0.6 is 0 Å². The third kappa shape index (κ3) is 2.41. The molecule has 1 fully saturated rings. The summed E-state index contributed by atoms with van der Waals surface area (Å²) in [5.41, 5.74) is 0. The number of hydrogen-bond acceptors (Lipinski definition) is 2. The van der Waals surface area contributed by atoms with E-state index in [1.165, 1.54) is 6.17 Å². The normalized spacial score (nSPS) is 28.3. The van der Waals surface area contributed by atoms with Crippen molar-refractivity contribution in [1.82, 2.24) is 4.90 Å². The van der Waals surface area contributed by atoms with Crippen molar-refractivity contribution >= 4 is 13.9 Å². The van der Waals surface area contributed by atoms with Gasteiger partial charge < -0.3 is 0 Å². The molecule has 1 heterocycles. The Hall–Kier alpha value is -0.153. The molecule has 0 aromatic carbocycles. The summed E-state index contributed by atoms with van der Waals surface area (Å²) >= 11 is 0. The Labute approximate surface area is 82.3 Å². The van der Waals surface area contributed by atoms with Crippen molar-refractivity contribution in [1.29, 1.82) is 0 Å². The van der Waals surface area contributed by atoms with Crippen molar-refractivity contribution in [2.75, 3.05) is 13.2 Å². The van der Waals surface area contributed by atoms with Gasteiger partial charge in [-0.15, -0.1) is 0 Å². The highest BCUT2D eigenvalue weighted by atomic mass is 28.3. The lowest BCUT2D eigenvalue weighted by Gasteiger charge is -2.19. The summed E-state index contributed by atoms with van der Waals surface area (Å²) in [5.74, 6) is 0.621. The smallest absolute Gasteiger partial charge is 0.152 e.